The Hall–Kier alpha value is -0.310. The Balaban J connectivity index is 2.00. The van der Waals surface area contributed by atoms with E-state index in [1.807, 2.05) is 12.3 Å². The van der Waals surface area contributed by atoms with Gasteiger partial charge in [0.25, 0.3) is 0 Å². The Morgan fingerprint density at radius 3 is 3.00 bits per heavy atom. The smallest absolute Gasteiger partial charge is 0.147 e. The van der Waals surface area contributed by atoms with E-state index >= 15 is 0 Å². The quantitative estimate of drug-likeness (QED) is 0.810. The number of halogens is 2. The molecule has 1 unspecified atom stereocenters. The summed E-state index contributed by atoms with van der Waals surface area (Å²) in [5, 5.41) is 4.35. The molecule has 2 rings (SSSR count). The Kier molecular flexibility index (Phi) is 3.84. The van der Waals surface area contributed by atoms with Crippen LogP contribution < -0.4 is 5.32 Å². The van der Waals surface area contributed by atoms with Gasteiger partial charge in [0.1, 0.15) is 5.15 Å². The molecule has 4 heteroatoms. The highest BCUT2D eigenvalue weighted by Gasteiger charge is 2.14. The third-order valence-electron chi connectivity index (χ3n) is 2.78. The van der Waals surface area contributed by atoms with E-state index in [0.717, 1.165) is 19.5 Å². The number of aromatic nitrogens is 1. The summed E-state index contributed by atoms with van der Waals surface area (Å²) in [5.74, 6) is 0.706. The summed E-state index contributed by atoms with van der Waals surface area (Å²) in [7, 11) is 0. The van der Waals surface area contributed by atoms with Gasteiger partial charge in [0.2, 0.25) is 0 Å². The molecule has 0 spiro atoms. The summed E-state index contributed by atoms with van der Waals surface area (Å²) >= 11 is 11.7. The van der Waals surface area contributed by atoms with Gasteiger partial charge in [-0.05, 0) is 49.9 Å². The first-order chi connectivity index (χ1) is 7.25. The minimum atomic E-state index is 0.391. The van der Waals surface area contributed by atoms with E-state index in [4.69, 9.17) is 23.2 Å². The second kappa shape index (κ2) is 5.15. The fourth-order valence-corrected chi connectivity index (χ4v) is 2.30. The van der Waals surface area contributed by atoms with Gasteiger partial charge in [0, 0.05) is 6.20 Å². The second-order valence-corrected chi connectivity index (χ2v) is 4.80. The molecule has 0 bridgehead atoms. The van der Waals surface area contributed by atoms with Gasteiger partial charge in [0.05, 0.1) is 5.02 Å². The summed E-state index contributed by atoms with van der Waals surface area (Å²) in [5.41, 5.74) is 1.18. The summed E-state index contributed by atoms with van der Waals surface area (Å²) < 4.78 is 0. The van der Waals surface area contributed by atoms with Crippen molar-refractivity contribution in [1.29, 1.82) is 0 Å². The number of rotatable bonds is 2. The van der Waals surface area contributed by atoms with Crippen LogP contribution in [0, 0.1) is 5.92 Å². The van der Waals surface area contributed by atoms with Crippen molar-refractivity contribution in [1.82, 2.24) is 10.3 Å². The fourth-order valence-electron chi connectivity index (χ4n) is 2.00. The molecule has 82 valence electrons. The molecule has 1 saturated heterocycles. The average Bonchev–Trinajstić information content (AvgIpc) is 2.25. The van der Waals surface area contributed by atoms with Crippen LogP contribution in [-0.2, 0) is 6.42 Å². The van der Waals surface area contributed by atoms with Gasteiger partial charge in [-0.15, -0.1) is 0 Å². The number of pyridine rings is 1. The molecular weight excluding hydrogens is 231 g/mol. The molecule has 1 atom stereocenters. The number of hydrogen-bond acceptors (Lipinski definition) is 2. The highest BCUT2D eigenvalue weighted by molar-refractivity contribution is 6.41. The molecule has 1 aliphatic heterocycles. The van der Waals surface area contributed by atoms with Crippen molar-refractivity contribution < 1.29 is 0 Å². The predicted octanol–water partition coefficient (Wildman–Crippen LogP) is 2.93. The van der Waals surface area contributed by atoms with E-state index in [1.54, 1.807) is 0 Å². The number of hydrogen-bond donors (Lipinski definition) is 1. The lowest BCUT2D eigenvalue weighted by Gasteiger charge is -2.22. The number of piperidine rings is 1. The van der Waals surface area contributed by atoms with E-state index in [2.05, 4.69) is 10.3 Å². The van der Waals surface area contributed by atoms with Crippen molar-refractivity contribution in [3.8, 4) is 0 Å². The van der Waals surface area contributed by atoms with Crippen LogP contribution in [0.3, 0.4) is 0 Å². The molecule has 0 aliphatic carbocycles. The highest BCUT2D eigenvalue weighted by Crippen LogP contribution is 2.22. The second-order valence-electron chi connectivity index (χ2n) is 4.03. The molecule has 15 heavy (non-hydrogen) atoms. The summed E-state index contributed by atoms with van der Waals surface area (Å²) in [6.45, 7) is 2.25. The number of nitrogens with zero attached hydrogens (tertiary/aromatic N) is 1. The van der Waals surface area contributed by atoms with Crippen LogP contribution in [0.25, 0.3) is 0 Å². The van der Waals surface area contributed by atoms with Crippen molar-refractivity contribution in [2.75, 3.05) is 13.1 Å². The van der Waals surface area contributed by atoms with Gasteiger partial charge >= 0.3 is 0 Å². The minimum absolute atomic E-state index is 0.391. The molecule has 1 aliphatic rings. The number of nitrogens with one attached hydrogen (secondary N) is 1. The SMILES string of the molecule is Clc1cc(CC2CCCNC2)cnc1Cl. The van der Waals surface area contributed by atoms with Crippen LogP contribution in [-0.4, -0.2) is 18.1 Å². The maximum Gasteiger partial charge on any atom is 0.147 e. The molecule has 0 amide bonds. The Morgan fingerprint density at radius 2 is 2.33 bits per heavy atom. The lowest BCUT2D eigenvalue weighted by molar-refractivity contribution is 0.376. The molecule has 1 fully saturated rings. The van der Waals surface area contributed by atoms with Gasteiger partial charge in [-0.25, -0.2) is 4.98 Å². The molecule has 0 aromatic carbocycles. The molecule has 1 aromatic rings. The lowest BCUT2D eigenvalue weighted by Crippen LogP contribution is -2.30. The average molecular weight is 245 g/mol. The zero-order chi connectivity index (χ0) is 10.7. The summed E-state index contributed by atoms with van der Waals surface area (Å²) in [6.07, 6.45) is 5.41. The van der Waals surface area contributed by atoms with E-state index in [0.29, 0.717) is 16.1 Å². The van der Waals surface area contributed by atoms with Gasteiger partial charge in [-0.1, -0.05) is 23.2 Å². The van der Waals surface area contributed by atoms with Crippen molar-refractivity contribution in [2.24, 2.45) is 5.92 Å². The first kappa shape index (κ1) is 11.2. The van der Waals surface area contributed by atoms with Gasteiger partial charge in [-0.2, -0.15) is 0 Å². The minimum Gasteiger partial charge on any atom is -0.316 e. The molecule has 0 saturated carbocycles. The lowest BCUT2D eigenvalue weighted by atomic mass is 9.93. The van der Waals surface area contributed by atoms with Crippen LogP contribution in [0.5, 0.6) is 0 Å². The van der Waals surface area contributed by atoms with E-state index in [1.165, 1.54) is 18.4 Å². The molecule has 0 radical (unpaired) electrons. The maximum atomic E-state index is 5.92. The van der Waals surface area contributed by atoms with Gasteiger partial charge in [-0.3, -0.25) is 0 Å². The first-order valence-corrected chi connectivity index (χ1v) is 6.02. The van der Waals surface area contributed by atoms with Crippen molar-refractivity contribution in [2.45, 2.75) is 19.3 Å². The standard InChI is InChI=1S/C11H14Cl2N2/c12-10-5-9(7-15-11(10)13)4-8-2-1-3-14-6-8/h5,7-8,14H,1-4,6H2. The summed E-state index contributed by atoms with van der Waals surface area (Å²) in [4.78, 5) is 4.06. The van der Waals surface area contributed by atoms with Crippen molar-refractivity contribution in [3.63, 3.8) is 0 Å². The van der Waals surface area contributed by atoms with Crippen LogP contribution in [0.4, 0.5) is 0 Å². The van der Waals surface area contributed by atoms with E-state index in [-0.39, 0.29) is 0 Å². The van der Waals surface area contributed by atoms with Crippen LogP contribution >= 0.6 is 23.2 Å². The zero-order valence-corrected chi connectivity index (χ0v) is 9.98. The zero-order valence-electron chi connectivity index (χ0n) is 8.47. The van der Waals surface area contributed by atoms with Crippen LogP contribution in [0.15, 0.2) is 12.3 Å². The van der Waals surface area contributed by atoms with E-state index < -0.39 is 0 Å². The largest absolute Gasteiger partial charge is 0.316 e. The van der Waals surface area contributed by atoms with Crippen LogP contribution in [0.2, 0.25) is 10.2 Å². The van der Waals surface area contributed by atoms with Crippen LogP contribution in [0.1, 0.15) is 18.4 Å². The normalized spacial score (nSPS) is 21.6. The van der Waals surface area contributed by atoms with Gasteiger partial charge < -0.3 is 5.32 Å². The monoisotopic (exact) mass is 244 g/mol. The Morgan fingerprint density at radius 1 is 1.47 bits per heavy atom. The molecule has 1 aromatic heterocycles. The third kappa shape index (κ3) is 3.07. The topological polar surface area (TPSA) is 24.9 Å². The molecule has 2 nitrogen and oxygen atoms in total. The van der Waals surface area contributed by atoms with Gasteiger partial charge in [0.15, 0.2) is 0 Å². The molecule has 2 heterocycles. The molecule has 1 N–H and O–H groups in total. The Bertz CT molecular complexity index is 335. The first-order valence-electron chi connectivity index (χ1n) is 5.26. The van der Waals surface area contributed by atoms with Crippen molar-refractivity contribution in [3.05, 3.63) is 28.0 Å². The molecular formula is C11H14Cl2N2. The summed E-state index contributed by atoms with van der Waals surface area (Å²) in [6, 6.07) is 1.92. The van der Waals surface area contributed by atoms with Crippen molar-refractivity contribution >= 4 is 23.2 Å². The highest BCUT2D eigenvalue weighted by atomic mass is 35.5. The fraction of sp³-hybridized carbons (Fsp3) is 0.545. The third-order valence-corrected chi connectivity index (χ3v) is 3.46. The Labute approximate surface area is 100.0 Å². The van der Waals surface area contributed by atoms with E-state index in [9.17, 15) is 0 Å². The predicted molar refractivity (Wildman–Crippen MR) is 63.6 cm³/mol. The maximum absolute atomic E-state index is 5.92.